The van der Waals surface area contributed by atoms with Gasteiger partial charge in [0.05, 0.1) is 18.2 Å². The maximum Gasteiger partial charge on any atom is 0.407 e. The highest BCUT2D eigenvalue weighted by atomic mass is 28.4. The van der Waals surface area contributed by atoms with Gasteiger partial charge in [-0.15, -0.1) is 0 Å². The normalized spacial score (nSPS) is 21.2. The lowest BCUT2D eigenvalue weighted by Gasteiger charge is -2.43. The Bertz CT molecular complexity index is 374. The first-order valence-corrected chi connectivity index (χ1v) is 10.4. The Morgan fingerprint density at radius 2 is 1.86 bits per heavy atom. The number of carboxylic acid groups (broad SMARTS) is 1. The molecular weight excluding hydrogens is 288 g/mol. The van der Waals surface area contributed by atoms with Gasteiger partial charge in [-0.05, 0) is 31.0 Å². The highest BCUT2D eigenvalue weighted by Gasteiger charge is 2.42. The first-order valence-electron chi connectivity index (χ1n) is 7.49. The topological polar surface area (TPSA) is 96.0 Å². The lowest BCUT2D eigenvalue weighted by atomic mass is 9.85. The number of aliphatic hydroxyl groups is 1. The van der Waals surface area contributed by atoms with Crippen LogP contribution in [0.4, 0.5) is 4.79 Å². The van der Waals surface area contributed by atoms with Gasteiger partial charge >= 0.3 is 6.09 Å². The average molecular weight is 318 g/mol. The fraction of sp³-hybridized carbons (Fsp3) is 0.929. The van der Waals surface area contributed by atoms with Gasteiger partial charge in [0.1, 0.15) is 0 Å². The maximum atomic E-state index is 10.9. The summed E-state index contributed by atoms with van der Waals surface area (Å²) in [6.45, 7) is 11.7. The second-order valence-corrected chi connectivity index (χ2v) is 12.4. The van der Waals surface area contributed by atoms with Crippen molar-refractivity contribution in [2.24, 2.45) is 5.73 Å². The quantitative estimate of drug-likeness (QED) is 0.687. The van der Waals surface area contributed by atoms with Gasteiger partial charge in [0.15, 0.2) is 8.32 Å². The number of nitrogens with two attached hydrogens (primary N) is 1. The molecule has 1 aliphatic heterocycles. The van der Waals surface area contributed by atoms with Gasteiger partial charge in [0.2, 0.25) is 0 Å². The molecule has 124 valence electrons. The molecule has 1 unspecified atom stereocenters. The number of hydrogen-bond acceptors (Lipinski definition) is 4. The molecule has 1 rings (SSSR count). The summed E-state index contributed by atoms with van der Waals surface area (Å²) in [5.74, 6) is 0. The van der Waals surface area contributed by atoms with Crippen LogP contribution < -0.4 is 5.73 Å². The molecule has 0 saturated carbocycles. The van der Waals surface area contributed by atoms with Crippen molar-refractivity contribution in [3.63, 3.8) is 0 Å². The maximum absolute atomic E-state index is 10.9. The molecule has 0 aliphatic carbocycles. The third-order valence-electron chi connectivity index (χ3n) is 5.02. The van der Waals surface area contributed by atoms with E-state index in [9.17, 15) is 9.90 Å². The zero-order valence-electron chi connectivity index (χ0n) is 13.8. The molecule has 1 aliphatic rings. The monoisotopic (exact) mass is 318 g/mol. The molecule has 1 atom stereocenters. The highest BCUT2D eigenvalue weighted by molar-refractivity contribution is 6.74. The number of hydrogen-bond donors (Lipinski definition) is 3. The van der Waals surface area contributed by atoms with E-state index < -0.39 is 26.1 Å². The van der Waals surface area contributed by atoms with Crippen LogP contribution in [0.15, 0.2) is 0 Å². The van der Waals surface area contributed by atoms with Gasteiger partial charge in [-0.3, -0.25) is 0 Å². The molecule has 0 radical (unpaired) electrons. The summed E-state index contributed by atoms with van der Waals surface area (Å²) >= 11 is 0. The largest absolute Gasteiger partial charge is 0.465 e. The minimum Gasteiger partial charge on any atom is -0.465 e. The second-order valence-electron chi connectivity index (χ2n) is 7.55. The summed E-state index contributed by atoms with van der Waals surface area (Å²) < 4.78 is 6.07. The molecular formula is C14H30N2O4Si. The zero-order valence-corrected chi connectivity index (χ0v) is 14.8. The number of likely N-dealkylation sites (tertiary alicyclic amines) is 1. The van der Waals surface area contributed by atoms with E-state index in [0.29, 0.717) is 32.5 Å². The standard InChI is InChI=1S/C14H30N2O4Si/c1-13(2,3)21(4,5)20-10-11(15)14(19)6-8-16(9-7-14)12(17)18/h11,19H,6-10,15H2,1-5H3,(H,17,18). The minimum absolute atomic E-state index is 0.0992. The van der Waals surface area contributed by atoms with Gasteiger partial charge in [-0.25, -0.2) is 4.79 Å². The number of nitrogens with zero attached hydrogens (tertiary/aromatic N) is 1. The van der Waals surface area contributed by atoms with E-state index in [4.69, 9.17) is 15.3 Å². The zero-order chi connectivity index (χ0) is 16.5. The third-order valence-corrected chi connectivity index (χ3v) is 9.52. The van der Waals surface area contributed by atoms with Crippen molar-refractivity contribution in [1.29, 1.82) is 0 Å². The fourth-order valence-electron chi connectivity index (χ4n) is 2.13. The lowest BCUT2D eigenvalue weighted by Crippen LogP contribution is -2.58. The van der Waals surface area contributed by atoms with Crippen molar-refractivity contribution in [2.75, 3.05) is 19.7 Å². The van der Waals surface area contributed by atoms with Gasteiger partial charge in [-0.2, -0.15) is 0 Å². The van der Waals surface area contributed by atoms with E-state index >= 15 is 0 Å². The summed E-state index contributed by atoms with van der Waals surface area (Å²) in [5, 5.41) is 19.7. The van der Waals surface area contributed by atoms with E-state index in [0.717, 1.165) is 0 Å². The molecule has 0 aromatic rings. The molecule has 4 N–H and O–H groups in total. The molecule has 0 aromatic carbocycles. The van der Waals surface area contributed by atoms with E-state index in [1.54, 1.807) is 0 Å². The van der Waals surface area contributed by atoms with Crippen LogP contribution in [-0.2, 0) is 4.43 Å². The average Bonchev–Trinajstić information content (AvgIpc) is 2.35. The van der Waals surface area contributed by atoms with Crippen molar-refractivity contribution in [1.82, 2.24) is 4.90 Å². The Morgan fingerprint density at radius 1 is 1.38 bits per heavy atom. The van der Waals surface area contributed by atoms with Gasteiger partial charge in [-0.1, -0.05) is 20.8 Å². The van der Waals surface area contributed by atoms with Crippen LogP contribution in [0.2, 0.25) is 18.1 Å². The predicted molar refractivity (Wildman–Crippen MR) is 84.9 cm³/mol. The van der Waals surface area contributed by atoms with E-state index in [1.807, 2.05) is 0 Å². The molecule has 0 spiro atoms. The first-order chi connectivity index (χ1) is 9.39. The molecule has 1 saturated heterocycles. The molecule has 0 aromatic heterocycles. The van der Waals surface area contributed by atoms with Crippen LogP contribution in [0.1, 0.15) is 33.6 Å². The number of piperidine rings is 1. The molecule has 1 amide bonds. The fourth-order valence-corrected chi connectivity index (χ4v) is 3.15. The van der Waals surface area contributed by atoms with Gasteiger partial charge in [0, 0.05) is 13.1 Å². The van der Waals surface area contributed by atoms with Crippen LogP contribution in [0, 0.1) is 0 Å². The van der Waals surface area contributed by atoms with Crippen LogP contribution in [0.25, 0.3) is 0 Å². The Labute approximate surface area is 128 Å². The molecule has 1 fully saturated rings. The smallest absolute Gasteiger partial charge is 0.407 e. The number of amides is 1. The van der Waals surface area contributed by atoms with Crippen LogP contribution >= 0.6 is 0 Å². The number of rotatable bonds is 4. The SMILES string of the molecule is CC(C)(C)[Si](C)(C)OCC(N)C1(O)CCN(C(=O)O)CC1. The Morgan fingerprint density at radius 3 is 2.24 bits per heavy atom. The van der Waals surface area contributed by atoms with Crippen LogP contribution in [0.5, 0.6) is 0 Å². The third kappa shape index (κ3) is 4.42. The van der Waals surface area contributed by atoms with E-state index in [-0.39, 0.29) is 5.04 Å². The first kappa shape index (κ1) is 18.4. The highest BCUT2D eigenvalue weighted by Crippen LogP contribution is 2.37. The summed E-state index contributed by atoms with van der Waals surface area (Å²) in [4.78, 5) is 12.2. The van der Waals surface area contributed by atoms with Crippen LogP contribution in [0.3, 0.4) is 0 Å². The minimum atomic E-state index is -1.89. The van der Waals surface area contributed by atoms with Crippen molar-refractivity contribution < 1.29 is 19.4 Å². The molecule has 6 nitrogen and oxygen atoms in total. The van der Waals surface area contributed by atoms with Crippen LogP contribution in [-0.4, -0.2) is 60.9 Å². The van der Waals surface area contributed by atoms with Crippen molar-refractivity contribution in [3.8, 4) is 0 Å². The predicted octanol–water partition coefficient (Wildman–Crippen LogP) is 1.84. The van der Waals surface area contributed by atoms with E-state index in [1.165, 1.54) is 4.90 Å². The summed E-state index contributed by atoms with van der Waals surface area (Å²) in [6.07, 6.45) is -0.217. The summed E-state index contributed by atoms with van der Waals surface area (Å²) in [7, 11) is -1.89. The lowest BCUT2D eigenvalue weighted by molar-refractivity contribution is -0.0466. The molecule has 0 bridgehead atoms. The molecule has 7 heteroatoms. The van der Waals surface area contributed by atoms with Crippen molar-refractivity contribution in [2.45, 2.75) is 63.4 Å². The second kappa shape index (κ2) is 6.24. The van der Waals surface area contributed by atoms with Gasteiger partial charge < -0.3 is 25.3 Å². The van der Waals surface area contributed by atoms with Crippen molar-refractivity contribution >= 4 is 14.4 Å². The summed E-state index contributed by atoms with van der Waals surface area (Å²) in [6, 6.07) is -0.484. The Hall–Kier alpha value is -0.633. The van der Waals surface area contributed by atoms with Gasteiger partial charge in [0.25, 0.3) is 0 Å². The Balaban J connectivity index is 2.56. The van der Waals surface area contributed by atoms with Crippen molar-refractivity contribution in [3.05, 3.63) is 0 Å². The molecule has 1 heterocycles. The summed E-state index contributed by atoms with van der Waals surface area (Å²) in [5.41, 5.74) is 5.10. The molecule has 21 heavy (non-hydrogen) atoms. The Kier molecular flexibility index (Phi) is 5.47. The number of carbonyl (C=O) groups is 1. The van der Waals surface area contributed by atoms with E-state index in [2.05, 4.69) is 33.9 Å².